The van der Waals surface area contributed by atoms with Crippen molar-refractivity contribution in [2.24, 2.45) is 0 Å². The van der Waals surface area contributed by atoms with Crippen LogP contribution in [0, 0.1) is 0 Å². The molecule has 0 saturated carbocycles. The largest absolute Gasteiger partial charge is 0.494 e. The van der Waals surface area contributed by atoms with E-state index in [-0.39, 0.29) is 0 Å². The molecule has 0 aliphatic carbocycles. The van der Waals surface area contributed by atoms with Gasteiger partial charge in [0.25, 0.3) is 0 Å². The number of hydrogen-bond acceptors (Lipinski definition) is 7. The maximum atomic E-state index is 5.84. The number of nitrogens with zero attached hydrogens (tertiary/aromatic N) is 3. The van der Waals surface area contributed by atoms with Crippen molar-refractivity contribution in [1.82, 2.24) is 15.1 Å². The van der Waals surface area contributed by atoms with Crippen molar-refractivity contribution in [3.63, 3.8) is 0 Å². The van der Waals surface area contributed by atoms with E-state index in [0.29, 0.717) is 11.7 Å². The molecule has 0 bridgehead atoms. The summed E-state index contributed by atoms with van der Waals surface area (Å²) < 4.78 is 5.84. The molecule has 3 N–H and O–H groups in total. The molecular weight excluding hydrogens is 310 g/mol. The monoisotopic (exact) mass is 333 g/mol. The van der Waals surface area contributed by atoms with E-state index in [2.05, 4.69) is 38.6 Å². The van der Waals surface area contributed by atoms with Crippen LogP contribution in [-0.4, -0.2) is 41.3 Å². The Bertz CT molecular complexity index is 612. The molecule has 0 spiro atoms. The van der Waals surface area contributed by atoms with Gasteiger partial charge in [-0.25, -0.2) is 0 Å². The van der Waals surface area contributed by atoms with E-state index in [0.717, 1.165) is 30.4 Å². The molecule has 23 heavy (non-hydrogen) atoms. The molecule has 6 nitrogen and oxygen atoms in total. The van der Waals surface area contributed by atoms with Gasteiger partial charge in [-0.15, -0.1) is 10.2 Å². The second kappa shape index (κ2) is 8.12. The highest BCUT2D eigenvalue weighted by molar-refractivity contribution is 7.18. The van der Waals surface area contributed by atoms with Crippen LogP contribution >= 0.6 is 11.3 Å². The molecule has 1 aliphatic rings. The van der Waals surface area contributed by atoms with E-state index in [1.807, 2.05) is 6.07 Å². The molecule has 2 heterocycles. The van der Waals surface area contributed by atoms with Gasteiger partial charge in [-0.3, -0.25) is 4.90 Å². The van der Waals surface area contributed by atoms with Gasteiger partial charge in [0.05, 0.1) is 6.61 Å². The Labute approximate surface area is 140 Å². The minimum absolute atomic E-state index is 0.485. The predicted molar refractivity (Wildman–Crippen MR) is 93.9 cm³/mol. The summed E-state index contributed by atoms with van der Waals surface area (Å²) >= 11 is 1.36. The first kappa shape index (κ1) is 16.0. The van der Waals surface area contributed by atoms with Crippen molar-refractivity contribution in [1.29, 1.82) is 0 Å². The van der Waals surface area contributed by atoms with Crippen molar-refractivity contribution in [3.05, 3.63) is 29.8 Å². The van der Waals surface area contributed by atoms with Crippen LogP contribution in [-0.2, 0) is 6.54 Å². The van der Waals surface area contributed by atoms with Crippen LogP contribution in [0.3, 0.4) is 0 Å². The highest BCUT2D eigenvalue weighted by Gasteiger charge is 2.11. The Hall–Kier alpha value is -1.86. The Balaban J connectivity index is 1.37. The van der Waals surface area contributed by atoms with E-state index < -0.39 is 0 Å². The third-order valence-corrected chi connectivity index (χ3v) is 4.52. The van der Waals surface area contributed by atoms with Crippen molar-refractivity contribution in [2.45, 2.75) is 25.8 Å². The van der Waals surface area contributed by atoms with Gasteiger partial charge in [0.15, 0.2) is 0 Å². The van der Waals surface area contributed by atoms with Crippen molar-refractivity contribution < 1.29 is 4.74 Å². The Kier molecular flexibility index (Phi) is 5.65. The number of benzene rings is 1. The third-order valence-electron chi connectivity index (χ3n) is 3.81. The van der Waals surface area contributed by atoms with Crippen molar-refractivity contribution in [2.75, 3.05) is 37.3 Å². The molecule has 1 aromatic carbocycles. The smallest absolute Gasteiger partial charge is 0.207 e. The zero-order chi connectivity index (χ0) is 15.9. The Morgan fingerprint density at radius 3 is 2.91 bits per heavy atom. The minimum atomic E-state index is 0.485. The first-order chi connectivity index (χ1) is 11.3. The molecule has 0 radical (unpaired) electrons. The van der Waals surface area contributed by atoms with Crippen molar-refractivity contribution in [3.8, 4) is 5.75 Å². The summed E-state index contributed by atoms with van der Waals surface area (Å²) in [6.07, 6.45) is 3.54. The number of nitrogens with one attached hydrogen (secondary N) is 1. The lowest BCUT2D eigenvalue weighted by atomic mass is 10.2. The first-order valence-electron chi connectivity index (χ1n) is 8.06. The van der Waals surface area contributed by atoms with Crippen LogP contribution in [0.4, 0.5) is 10.3 Å². The molecule has 1 saturated heterocycles. The molecule has 0 amide bonds. The summed E-state index contributed by atoms with van der Waals surface area (Å²) in [7, 11) is 0. The number of aromatic nitrogens is 2. The number of nitrogen functional groups attached to an aromatic ring is 1. The molecule has 3 rings (SSSR count). The van der Waals surface area contributed by atoms with E-state index in [9.17, 15) is 0 Å². The fraction of sp³-hybridized carbons (Fsp3) is 0.500. The van der Waals surface area contributed by atoms with Crippen LogP contribution in [0.1, 0.15) is 24.8 Å². The zero-order valence-electron chi connectivity index (χ0n) is 13.2. The summed E-state index contributed by atoms with van der Waals surface area (Å²) in [4.78, 5) is 2.50. The number of anilines is 2. The number of ether oxygens (including phenoxy) is 1. The van der Waals surface area contributed by atoms with Crippen LogP contribution in [0.5, 0.6) is 5.75 Å². The summed E-state index contributed by atoms with van der Waals surface area (Å²) in [6.45, 7) is 4.92. The predicted octanol–water partition coefficient (Wildman–Crippen LogP) is 2.60. The Morgan fingerprint density at radius 1 is 1.26 bits per heavy atom. The Morgan fingerprint density at radius 2 is 2.13 bits per heavy atom. The number of likely N-dealkylation sites (tertiary alicyclic amines) is 1. The summed E-state index contributed by atoms with van der Waals surface area (Å²) in [5.41, 5.74) is 6.86. The average molecular weight is 333 g/mol. The lowest BCUT2D eigenvalue weighted by Gasteiger charge is -2.15. The molecular formula is C16H23N5OS. The molecule has 7 heteroatoms. The zero-order valence-corrected chi connectivity index (χ0v) is 14.0. The number of hydrogen-bond donors (Lipinski definition) is 2. The molecule has 0 atom stereocenters. The van der Waals surface area contributed by atoms with E-state index in [4.69, 9.17) is 10.5 Å². The fourth-order valence-corrected chi connectivity index (χ4v) is 3.23. The maximum absolute atomic E-state index is 5.84. The molecule has 124 valence electrons. The summed E-state index contributed by atoms with van der Waals surface area (Å²) in [5.74, 6) is 0.946. The molecule has 1 fully saturated rings. The van der Waals surface area contributed by atoms with Crippen LogP contribution in [0.25, 0.3) is 0 Å². The molecule has 1 aliphatic heterocycles. The van der Waals surface area contributed by atoms with Gasteiger partial charge in [0, 0.05) is 13.1 Å². The highest BCUT2D eigenvalue weighted by Crippen LogP contribution is 2.18. The SMILES string of the molecule is Nc1nnc(NCCCOc2cccc(CN3CCCC3)c2)s1. The van der Waals surface area contributed by atoms with Gasteiger partial charge < -0.3 is 15.8 Å². The lowest BCUT2D eigenvalue weighted by molar-refractivity contribution is 0.311. The first-order valence-corrected chi connectivity index (χ1v) is 8.88. The standard InChI is InChI=1S/C16H23N5OS/c17-15-19-20-16(23-15)18-7-4-10-22-14-6-3-5-13(11-14)12-21-8-1-2-9-21/h3,5-6,11H,1-2,4,7-10,12H2,(H2,17,19)(H,18,20). The molecule has 1 aromatic heterocycles. The average Bonchev–Trinajstić information content (AvgIpc) is 3.19. The summed E-state index contributed by atoms with van der Waals surface area (Å²) in [5, 5.41) is 12.1. The molecule has 2 aromatic rings. The minimum Gasteiger partial charge on any atom is -0.494 e. The maximum Gasteiger partial charge on any atom is 0.207 e. The second-order valence-electron chi connectivity index (χ2n) is 5.70. The number of rotatable bonds is 8. The number of nitrogens with two attached hydrogens (primary N) is 1. The van der Waals surface area contributed by atoms with Gasteiger partial charge in [-0.1, -0.05) is 23.5 Å². The second-order valence-corrected chi connectivity index (χ2v) is 6.71. The topological polar surface area (TPSA) is 76.3 Å². The quantitative estimate of drug-likeness (QED) is 0.723. The van der Waals surface area contributed by atoms with Crippen LogP contribution in [0.15, 0.2) is 24.3 Å². The van der Waals surface area contributed by atoms with E-state index in [1.54, 1.807) is 0 Å². The van der Waals surface area contributed by atoms with Crippen LogP contribution in [0.2, 0.25) is 0 Å². The fourth-order valence-electron chi connectivity index (χ4n) is 2.70. The van der Waals surface area contributed by atoms with Gasteiger partial charge in [0.2, 0.25) is 10.3 Å². The highest BCUT2D eigenvalue weighted by atomic mass is 32.1. The van der Waals surface area contributed by atoms with Gasteiger partial charge >= 0.3 is 0 Å². The lowest BCUT2D eigenvalue weighted by Crippen LogP contribution is -2.18. The third kappa shape index (κ3) is 5.07. The van der Waals surface area contributed by atoms with E-state index in [1.165, 1.54) is 42.8 Å². The molecule has 0 unspecified atom stereocenters. The van der Waals surface area contributed by atoms with Gasteiger partial charge in [-0.2, -0.15) is 0 Å². The van der Waals surface area contributed by atoms with Crippen LogP contribution < -0.4 is 15.8 Å². The summed E-state index contributed by atoms with van der Waals surface area (Å²) in [6, 6.07) is 8.42. The van der Waals surface area contributed by atoms with Crippen molar-refractivity contribution >= 4 is 21.6 Å². The van der Waals surface area contributed by atoms with Gasteiger partial charge in [0.1, 0.15) is 5.75 Å². The normalized spacial score (nSPS) is 15.0. The van der Waals surface area contributed by atoms with E-state index >= 15 is 0 Å². The van der Waals surface area contributed by atoms with Gasteiger partial charge in [-0.05, 0) is 50.0 Å².